The van der Waals surface area contributed by atoms with Gasteiger partial charge in [0.2, 0.25) is 0 Å². The molecule has 2 aromatic rings. The van der Waals surface area contributed by atoms with E-state index < -0.39 is 0 Å². The van der Waals surface area contributed by atoms with E-state index in [4.69, 9.17) is 9.47 Å². The first kappa shape index (κ1) is 20.3. The molecule has 1 N–H and O–H groups in total. The third-order valence-corrected chi connectivity index (χ3v) is 7.07. The molecule has 0 bridgehead atoms. The summed E-state index contributed by atoms with van der Waals surface area (Å²) in [6.07, 6.45) is 1.64. The van der Waals surface area contributed by atoms with Crippen LogP contribution in [0, 0.1) is 0 Å². The summed E-state index contributed by atoms with van der Waals surface area (Å²) < 4.78 is 10.7. The molecule has 2 rings (SSSR count). The van der Waals surface area contributed by atoms with E-state index in [1.165, 1.54) is 7.11 Å². The van der Waals surface area contributed by atoms with Gasteiger partial charge in [-0.2, -0.15) is 0 Å². The van der Waals surface area contributed by atoms with Crippen molar-refractivity contribution in [2.75, 3.05) is 14.2 Å². The Labute approximate surface area is 157 Å². The SMILES string of the molecule is CCC(CC)(Pc1ccccc1C(C)=O)c1cc(OC)cc(OC)c1O. The molecule has 0 fully saturated rings. The summed E-state index contributed by atoms with van der Waals surface area (Å²) in [6, 6.07) is 11.3. The summed E-state index contributed by atoms with van der Waals surface area (Å²) in [5, 5.41) is 11.5. The van der Waals surface area contributed by atoms with Gasteiger partial charge in [-0.1, -0.05) is 46.7 Å². The lowest BCUT2D eigenvalue weighted by molar-refractivity contribution is 0.101. The topological polar surface area (TPSA) is 55.8 Å². The summed E-state index contributed by atoms with van der Waals surface area (Å²) in [6.45, 7) is 5.81. The number of carbonyl (C=O) groups excluding carboxylic acids is 1. The zero-order valence-corrected chi connectivity index (χ0v) is 17.1. The number of benzene rings is 2. The number of hydrogen-bond acceptors (Lipinski definition) is 4. The molecule has 0 aliphatic rings. The molecule has 0 saturated heterocycles. The predicted octanol–water partition coefficient (Wildman–Crippen LogP) is 4.63. The van der Waals surface area contributed by atoms with Crippen molar-refractivity contribution in [2.24, 2.45) is 0 Å². The Bertz CT molecular complexity index is 782. The third-order valence-electron chi connectivity index (χ3n) is 4.91. The van der Waals surface area contributed by atoms with Crippen LogP contribution in [0.5, 0.6) is 17.2 Å². The largest absolute Gasteiger partial charge is 0.504 e. The minimum absolute atomic E-state index is 0.0571. The second kappa shape index (κ2) is 8.55. The average molecular weight is 374 g/mol. The van der Waals surface area contributed by atoms with Gasteiger partial charge in [0.05, 0.1) is 14.2 Å². The Kier molecular flexibility index (Phi) is 6.66. The normalized spacial score (nSPS) is 11.7. The maximum absolute atomic E-state index is 12.0. The van der Waals surface area contributed by atoms with E-state index in [9.17, 15) is 9.90 Å². The van der Waals surface area contributed by atoms with Crippen LogP contribution in [0.25, 0.3) is 0 Å². The molecule has 0 amide bonds. The molecule has 1 unspecified atom stereocenters. The molecule has 26 heavy (non-hydrogen) atoms. The molecule has 0 aliphatic heterocycles. The van der Waals surface area contributed by atoms with Crippen LogP contribution < -0.4 is 14.8 Å². The van der Waals surface area contributed by atoms with Crippen LogP contribution in [-0.4, -0.2) is 25.1 Å². The van der Waals surface area contributed by atoms with Crippen LogP contribution >= 0.6 is 8.58 Å². The van der Waals surface area contributed by atoms with E-state index in [0.717, 1.165) is 29.3 Å². The molecule has 0 heterocycles. The number of hydrogen-bond donors (Lipinski definition) is 1. The van der Waals surface area contributed by atoms with E-state index in [-0.39, 0.29) is 16.7 Å². The molecule has 4 nitrogen and oxygen atoms in total. The van der Waals surface area contributed by atoms with Gasteiger partial charge in [-0.3, -0.25) is 4.79 Å². The van der Waals surface area contributed by atoms with Crippen molar-refractivity contribution in [3.63, 3.8) is 0 Å². The van der Waals surface area contributed by atoms with E-state index in [0.29, 0.717) is 20.1 Å². The van der Waals surface area contributed by atoms with Crippen LogP contribution in [-0.2, 0) is 5.16 Å². The summed E-state index contributed by atoms with van der Waals surface area (Å²) >= 11 is 0. The lowest BCUT2D eigenvalue weighted by Gasteiger charge is -2.34. The van der Waals surface area contributed by atoms with Gasteiger partial charge >= 0.3 is 0 Å². The van der Waals surface area contributed by atoms with Gasteiger partial charge in [0, 0.05) is 22.3 Å². The number of aromatic hydroxyl groups is 1. The molecule has 140 valence electrons. The second-order valence-electron chi connectivity index (χ2n) is 6.24. The van der Waals surface area contributed by atoms with Gasteiger partial charge in [-0.05, 0) is 31.1 Å². The first-order chi connectivity index (χ1) is 12.4. The highest BCUT2D eigenvalue weighted by Gasteiger charge is 2.34. The molecule has 0 radical (unpaired) electrons. The standard InChI is InChI=1S/C21H27O4P/c1-6-21(7-2,26-19-11-9-8-10-16(19)14(3)22)17-12-15(24-4)13-18(25-5)20(17)23/h8-13,23,26H,6-7H2,1-5H3. The van der Waals surface area contributed by atoms with Crippen molar-refractivity contribution < 1.29 is 19.4 Å². The number of ketones is 1. The summed E-state index contributed by atoms with van der Waals surface area (Å²) in [5.74, 6) is 1.24. The first-order valence-electron chi connectivity index (χ1n) is 8.76. The Morgan fingerprint density at radius 2 is 1.77 bits per heavy atom. The van der Waals surface area contributed by atoms with E-state index in [1.54, 1.807) is 20.1 Å². The molecular weight excluding hydrogens is 347 g/mol. The van der Waals surface area contributed by atoms with Gasteiger partial charge in [0.25, 0.3) is 0 Å². The summed E-state index contributed by atoms with van der Waals surface area (Å²) in [7, 11) is 3.47. The summed E-state index contributed by atoms with van der Waals surface area (Å²) in [5.41, 5.74) is 1.54. The minimum Gasteiger partial charge on any atom is -0.504 e. The Morgan fingerprint density at radius 3 is 2.31 bits per heavy atom. The fraction of sp³-hybridized carbons (Fsp3) is 0.381. The maximum atomic E-state index is 12.0. The number of Topliss-reactive ketones (excluding diaryl/α,β-unsaturated/α-hetero) is 1. The van der Waals surface area contributed by atoms with Crippen LogP contribution in [0.2, 0.25) is 0 Å². The molecule has 0 saturated carbocycles. The third kappa shape index (κ3) is 3.86. The Balaban J connectivity index is 2.64. The van der Waals surface area contributed by atoms with Gasteiger partial charge in [0.15, 0.2) is 17.3 Å². The lowest BCUT2D eigenvalue weighted by Crippen LogP contribution is -2.24. The number of methoxy groups -OCH3 is 2. The first-order valence-corrected chi connectivity index (χ1v) is 9.76. The van der Waals surface area contributed by atoms with Crippen LogP contribution in [0.15, 0.2) is 36.4 Å². The quantitative estimate of drug-likeness (QED) is 0.541. The smallest absolute Gasteiger partial charge is 0.164 e. The highest BCUT2D eigenvalue weighted by atomic mass is 31.1. The second-order valence-corrected chi connectivity index (χ2v) is 7.99. The van der Waals surface area contributed by atoms with Crippen LogP contribution in [0.1, 0.15) is 49.5 Å². The summed E-state index contributed by atoms with van der Waals surface area (Å²) in [4.78, 5) is 12.0. The van der Waals surface area contributed by atoms with Crippen molar-refractivity contribution in [1.82, 2.24) is 0 Å². The Hall–Kier alpha value is -2.06. The van der Waals surface area contributed by atoms with Crippen molar-refractivity contribution in [1.29, 1.82) is 0 Å². The van der Waals surface area contributed by atoms with Crippen molar-refractivity contribution in [2.45, 2.75) is 38.8 Å². The predicted molar refractivity (Wildman–Crippen MR) is 108 cm³/mol. The maximum Gasteiger partial charge on any atom is 0.164 e. The number of rotatable bonds is 8. The van der Waals surface area contributed by atoms with Crippen molar-refractivity contribution in [3.05, 3.63) is 47.5 Å². The Morgan fingerprint density at radius 1 is 1.12 bits per heavy atom. The van der Waals surface area contributed by atoms with E-state index >= 15 is 0 Å². The molecule has 1 atom stereocenters. The van der Waals surface area contributed by atoms with E-state index in [2.05, 4.69) is 13.8 Å². The fourth-order valence-electron chi connectivity index (χ4n) is 3.25. The van der Waals surface area contributed by atoms with Crippen LogP contribution in [0.4, 0.5) is 0 Å². The van der Waals surface area contributed by atoms with Crippen molar-refractivity contribution in [3.8, 4) is 17.2 Å². The number of phenolic OH excluding ortho intramolecular Hbond substituents is 1. The highest BCUT2D eigenvalue weighted by molar-refractivity contribution is 7.48. The van der Waals surface area contributed by atoms with Gasteiger partial charge in [-0.15, -0.1) is 0 Å². The molecule has 0 aromatic heterocycles. The zero-order valence-electron chi connectivity index (χ0n) is 16.1. The number of carbonyl (C=O) groups is 1. The number of phenols is 1. The molecule has 0 spiro atoms. The fourth-order valence-corrected chi connectivity index (χ4v) is 5.02. The van der Waals surface area contributed by atoms with E-state index in [1.807, 2.05) is 30.3 Å². The molecule has 0 aliphatic carbocycles. The van der Waals surface area contributed by atoms with Gasteiger partial charge in [-0.25, -0.2) is 0 Å². The lowest BCUT2D eigenvalue weighted by atomic mass is 9.91. The molecular formula is C21H27O4P. The average Bonchev–Trinajstić information content (AvgIpc) is 2.66. The van der Waals surface area contributed by atoms with Crippen molar-refractivity contribution >= 4 is 19.7 Å². The minimum atomic E-state index is -0.308. The van der Waals surface area contributed by atoms with Gasteiger partial charge in [0.1, 0.15) is 5.75 Å². The monoisotopic (exact) mass is 374 g/mol. The number of ether oxygens (including phenoxy) is 2. The van der Waals surface area contributed by atoms with Gasteiger partial charge < -0.3 is 14.6 Å². The zero-order chi connectivity index (χ0) is 19.3. The molecule has 2 aromatic carbocycles. The highest BCUT2D eigenvalue weighted by Crippen LogP contribution is 2.53. The molecule has 5 heteroatoms. The van der Waals surface area contributed by atoms with Crippen LogP contribution in [0.3, 0.4) is 0 Å².